The summed E-state index contributed by atoms with van der Waals surface area (Å²) in [6, 6.07) is 18.6. The third-order valence-corrected chi connectivity index (χ3v) is 6.53. The van der Waals surface area contributed by atoms with Crippen molar-refractivity contribution in [2.75, 3.05) is 6.54 Å². The van der Waals surface area contributed by atoms with Crippen LogP contribution in [0.5, 0.6) is 0 Å². The zero-order chi connectivity index (χ0) is 22.3. The number of rotatable bonds is 8. The average molecular weight is 457 g/mol. The molecule has 3 aromatic rings. The molecule has 0 saturated heterocycles. The van der Waals surface area contributed by atoms with Crippen LogP contribution in [-0.2, 0) is 21.4 Å². The van der Waals surface area contributed by atoms with Crippen LogP contribution in [0.1, 0.15) is 16.8 Å². The van der Waals surface area contributed by atoms with Crippen molar-refractivity contribution in [2.24, 2.45) is 5.10 Å². The van der Waals surface area contributed by atoms with Crippen LogP contribution in [0, 0.1) is 6.92 Å². The molecule has 0 aliphatic rings. The minimum atomic E-state index is -3.96. The van der Waals surface area contributed by atoms with Gasteiger partial charge in [0.25, 0.3) is 5.91 Å². The van der Waals surface area contributed by atoms with E-state index in [1.807, 2.05) is 6.92 Å². The first kappa shape index (κ1) is 22.6. The molecular weight excluding hydrogens is 436 g/mol. The predicted molar refractivity (Wildman–Crippen MR) is 120 cm³/mol. The fourth-order valence-corrected chi connectivity index (χ4v) is 4.29. The third-order valence-electron chi connectivity index (χ3n) is 4.36. The van der Waals surface area contributed by atoms with Crippen molar-refractivity contribution in [2.45, 2.75) is 18.4 Å². The molecule has 31 heavy (non-hydrogen) atoms. The molecule has 160 valence electrons. The minimum absolute atomic E-state index is 0.0622. The van der Waals surface area contributed by atoms with Gasteiger partial charge in [0, 0.05) is 17.8 Å². The van der Waals surface area contributed by atoms with Crippen molar-refractivity contribution < 1.29 is 13.2 Å². The number of carbonyl (C=O) groups excluding carboxylic acids is 1. The Bertz CT molecular complexity index is 1170. The number of halogens is 1. The molecule has 9 heteroatoms. The first-order valence-electron chi connectivity index (χ1n) is 9.39. The lowest BCUT2D eigenvalue weighted by Gasteiger charge is -2.22. The summed E-state index contributed by atoms with van der Waals surface area (Å²) in [5.74, 6) is -0.588. The normalized spacial score (nSPS) is 11.7. The molecule has 0 fully saturated rings. The largest absolute Gasteiger partial charge is 0.272 e. The number of benzene rings is 2. The number of amides is 1. The Hall–Kier alpha value is -3.07. The number of pyridine rings is 1. The van der Waals surface area contributed by atoms with E-state index in [4.69, 9.17) is 11.6 Å². The maximum atomic E-state index is 13.2. The van der Waals surface area contributed by atoms with E-state index in [0.717, 1.165) is 9.87 Å². The van der Waals surface area contributed by atoms with Gasteiger partial charge in [0.15, 0.2) is 0 Å². The zero-order valence-electron chi connectivity index (χ0n) is 16.8. The van der Waals surface area contributed by atoms with Gasteiger partial charge in [-0.1, -0.05) is 53.6 Å². The number of nitrogens with zero attached hydrogens (tertiary/aromatic N) is 3. The SMILES string of the molecule is Cc1ccc(S(=O)(=O)N(CC(=O)N/N=C\c2ccccn2)Cc2ccccc2Cl)cc1. The second-order valence-corrected chi connectivity index (χ2v) is 9.07. The molecule has 1 aromatic heterocycles. The van der Waals surface area contributed by atoms with Crippen LogP contribution in [0.25, 0.3) is 0 Å². The highest BCUT2D eigenvalue weighted by molar-refractivity contribution is 7.89. The van der Waals surface area contributed by atoms with Crippen LogP contribution < -0.4 is 5.43 Å². The van der Waals surface area contributed by atoms with Gasteiger partial charge >= 0.3 is 0 Å². The summed E-state index contributed by atoms with van der Waals surface area (Å²) in [7, 11) is -3.96. The summed E-state index contributed by atoms with van der Waals surface area (Å²) in [5, 5.41) is 4.27. The molecule has 2 aromatic carbocycles. The number of sulfonamides is 1. The highest BCUT2D eigenvalue weighted by atomic mass is 35.5. The Labute approximate surface area is 186 Å². The van der Waals surface area contributed by atoms with Gasteiger partial charge in [0.05, 0.1) is 23.3 Å². The van der Waals surface area contributed by atoms with Gasteiger partial charge in [-0.25, -0.2) is 13.8 Å². The lowest BCUT2D eigenvalue weighted by atomic mass is 10.2. The molecule has 0 aliphatic carbocycles. The van der Waals surface area contributed by atoms with Gasteiger partial charge in [-0.3, -0.25) is 9.78 Å². The van der Waals surface area contributed by atoms with Gasteiger partial charge in [0.2, 0.25) is 10.0 Å². The Morgan fingerprint density at radius 3 is 2.48 bits per heavy atom. The van der Waals surface area contributed by atoms with Crippen LogP contribution in [0.2, 0.25) is 5.02 Å². The van der Waals surface area contributed by atoms with E-state index < -0.39 is 22.5 Å². The number of carbonyl (C=O) groups is 1. The zero-order valence-corrected chi connectivity index (χ0v) is 18.3. The van der Waals surface area contributed by atoms with E-state index in [1.165, 1.54) is 18.3 Å². The smallest absolute Gasteiger partial charge is 0.255 e. The maximum absolute atomic E-state index is 13.2. The molecule has 0 bridgehead atoms. The maximum Gasteiger partial charge on any atom is 0.255 e. The molecular formula is C22H21ClN4O3S. The summed E-state index contributed by atoms with van der Waals surface area (Å²) in [4.78, 5) is 16.6. The number of hydrazone groups is 1. The summed E-state index contributed by atoms with van der Waals surface area (Å²) in [6.07, 6.45) is 2.98. The van der Waals surface area contributed by atoms with Gasteiger partial charge in [-0.05, 0) is 42.8 Å². The Kier molecular flexibility index (Phi) is 7.51. The Morgan fingerprint density at radius 1 is 1.10 bits per heavy atom. The molecule has 7 nitrogen and oxygen atoms in total. The molecule has 1 amide bonds. The minimum Gasteiger partial charge on any atom is -0.272 e. The number of aryl methyl sites for hydroxylation is 1. The summed E-state index contributed by atoms with van der Waals surface area (Å²) in [5.41, 5.74) is 4.42. The van der Waals surface area contributed by atoms with E-state index in [2.05, 4.69) is 15.5 Å². The topological polar surface area (TPSA) is 91.7 Å². The molecule has 0 radical (unpaired) electrons. The average Bonchev–Trinajstić information content (AvgIpc) is 2.76. The summed E-state index contributed by atoms with van der Waals surface area (Å²) in [6.45, 7) is 1.37. The van der Waals surface area contributed by atoms with Gasteiger partial charge in [-0.2, -0.15) is 9.41 Å². The van der Waals surface area contributed by atoms with E-state index in [1.54, 1.807) is 60.8 Å². The molecule has 1 N–H and O–H groups in total. The Balaban J connectivity index is 1.81. The molecule has 0 atom stereocenters. The summed E-state index contributed by atoms with van der Waals surface area (Å²) < 4.78 is 27.6. The van der Waals surface area contributed by atoms with E-state index >= 15 is 0 Å². The standard InChI is InChI=1S/C22H21ClN4O3S/c1-17-9-11-20(12-10-17)31(29,30)27(15-18-6-2-3-8-21(18)23)16-22(28)26-25-14-19-7-4-5-13-24-19/h2-14H,15-16H2,1H3,(H,26,28)/b25-14-. The van der Waals surface area contributed by atoms with Gasteiger partial charge < -0.3 is 0 Å². The molecule has 0 unspecified atom stereocenters. The second kappa shape index (κ2) is 10.3. The van der Waals surface area contributed by atoms with Crippen molar-refractivity contribution in [1.82, 2.24) is 14.7 Å². The molecule has 0 aliphatic heterocycles. The number of nitrogens with one attached hydrogen (secondary N) is 1. The molecule has 0 spiro atoms. The number of hydrogen-bond donors (Lipinski definition) is 1. The predicted octanol–water partition coefficient (Wildman–Crippen LogP) is 3.38. The number of hydrogen-bond acceptors (Lipinski definition) is 5. The van der Waals surface area contributed by atoms with Gasteiger partial charge in [0.1, 0.15) is 0 Å². The quantitative estimate of drug-likeness (QED) is 0.415. The third kappa shape index (κ3) is 6.21. The van der Waals surface area contributed by atoms with Crippen LogP contribution in [0.15, 0.2) is 82.9 Å². The van der Waals surface area contributed by atoms with Gasteiger partial charge in [-0.15, -0.1) is 0 Å². The van der Waals surface area contributed by atoms with Crippen molar-refractivity contribution in [1.29, 1.82) is 0 Å². The lowest BCUT2D eigenvalue weighted by Crippen LogP contribution is -2.39. The van der Waals surface area contributed by atoms with Crippen molar-refractivity contribution in [3.05, 3.63) is 94.8 Å². The lowest BCUT2D eigenvalue weighted by molar-refractivity contribution is -0.121. The van der Waals surface area contributed by atoms with Crippen LogP contribution in [0.3, 0.4) is 0 Å². The van der Waals surface area contributed by atoms with Crippen molar-refractivity contribution >= 4 is 33.7 Å². The van der Waals surface area contributed by atoms with Crippen molar-refractivity contribution in [3.8, 4) is 0 Å². The first-order chi connectivity index (χ1) is 14.9. The van der Waals surface area contributed by atoms with E-state index in [-0.39, 0.29) is 11.4 Å². The van der Waals surface area contributed by atoms with Crippen LogP contribution in [0.4, 0.5) is 0 Å². The molecule has 1 heterocycles. The van der Waals surface area contributed by atoms with E-state index in [9.17, 15) is 13.2 Å². The second-order valence-electron chi connectivity index (χ2n) is 6.73. The highest BCUT2D eigenvalue weighted by Crippen LogP contribution is 2.22. The van der Waals surface area contributed by atoms with Crippen molar-refractivity contribution in [3.63, 3.8) is 0 Å². The van der Waals surface area contributed by atoms with Crippen LogP contribution >= 0.6 is 11.6 Å². The first-order valence-corrected chi connectivity index (χ1v) is 11.2. The summed E-state index contributed by atoms with van der Waals surface area (Å²) >= 11 is 6.22. The fourth-order valence-electron chi connectivity index (χ4n) is 2.72. The van der Waals surface area contributed by atoms with Crippen LogP contribution in [-0.4, -0.2) is 36.4 Å². The molecule has 3 rings (SSSR count). The van der Waals surface area contributed by atoms with E-state index in [0.29, 0.717) is 16.3 Å². The molecule has 0 saturated carbocycles. The highest BCUT2D eigenvalue weighted by Gasteiger charge is 2.27. The Morgan fingerprint density at radius 2 is 1.81 bits per heavy atom. The fraction of sp³-hybridized carbons (Fsp3) is 0.136. The monoisotopic (exact) mass is 456 g/mol. The number of aromatic nitrogens is 1.